The molecule has 15 fully saturated rings. The lowest BCUT2D eigenvalue weighted by molar-refractivity contribution is 0.151. The predicted octanol–water partition coefficient (Wildman–Crippen LogP) is 25.7. The molecule has 10 saturated heterocycles. The molecular weight excluding hydrogens is 1890 g/mol. The van der Waals surface area contributed by atoms with Crippen LogP contribution in [-0.2, 0) is 0 Å². The van der Waals surface area contributed by atoms with Gasteiger partial charge in [0.2, 0.25) is 0 Å². The lowest BCUT2D eigenvalue weighted by atomic mass is 9.90. The quantitative estimate of drug-likeness (QED) is 0.0457. The average Bonchev–Trinajstić information content (AvgIpc) is 1.59. The summed E-state index contributed by atoms with van der Waals surface area (Å²) in [4.78, 5) is 37.8. The largest absolute Gasteiger partial charge is 0.324 e. The van der Waals surface area contributed by atoms with E-state index < -0.39 is 23.3 Å². The minimum absolute atomic E-state index is 0.151. The standard InChI is InChI=1S/C25H36F2N4.2C25H37FN4.C24H34F2N4.C24H35FN4/c26-21-8-9-22-24(23(21)27)31(25(29-22)19-10-13-28-16-19)20-11-14-30(15-12-20)17-18-6-4-2-1-3-5-7-18;2*26-21-8-9-23-24(16-21)30(25(28-23)20-10-13-27-17-20)22-11-14-29(15-12-22)18-19-6-4-2-1-3-5-7-19;25-20-8-9-21-23(22(20)26)30(24(28-21)18-14-27-15-18)19-10-12-29(13-11-19)16-17-6-4-2-1-3-5-7-17;25-20-8-9-22-23(14-20)29(24(27-22)19-15-26-16-19)21-10-12-28(13-11-21)17-18-6-4-2-1-3-5-7-18/h8-9,18-20,28H,1-7,10-17H2;2*8-9,16,19-20,22,27H,1-7,10-15,17-18H2;8-9,17-19,27H,1-7,10-16H2;8-9,14,18-19,21,26H,1-7,10-13,15-17H2/t19-;2*20-;;/m110../s1. The van der Waals surface area contributed by atoms with Crippen LogP contribution in [0.2, 0.25) is 0 Å². The minimum atomic E-state index is -0.774. The van der Waals surface area contributed by atoms with E-state index in [-0.39, 0.29) is 35.5 Å². The van der Waals surface area contributed by atoms with E-state index in [0.717, 1.165) is 249 Å². The fraction of sp³-hybridized carbons (Fsp3) is 0.715. The number of hydrogen-bond donors (Lipinski definition) is 5. The van der Waals surface area contributed by atoms with Gasteiger partial charge in [-0.2, -0.15) is 0 Å². The Hall–Kier alpha value is -7.44. The van der Waals surface area contributed by atoms with Gasteiger partial charge in [-0.15, -0.1) is 0 Å². The molecule has 10 aliphatic heterocycles. The molecule has 0 spiro atoms. The van der Waals surface area contributed by atoms with Gasteiger partial charge >= 0.3 is 0 Å². The Bertz CT molecular complexity index is 5700. The third kappa shape index (κ3) is 27.0. The van der Waals surface area contributed by atoms with Crippen molar-refractivity contribution in [3.05, 3.63) is 149 Å². The third-order valence-corrected chi connectivity index (χ3v) is 38.5. The van der Waals surface area contributed by atoms with Gasteiger partial charge in [-0.05, 0) is 276 Å². The molecule has 5 aliphatic carbocycles. The second-order valence-corrected chi connectivity index (χ2v) is 49.1. The number of aromatic nitrogens is 10. The Morgan fingerprint density at radius 1 is 0.213 bits per heavy atom. The monoisotopic (exact) mass is 2070 g/mol. The lowest BCUT2D eigenvalue weighted by Crippen LogP contribution is -2.43. The van der Waals surface area contributed by atoms with Gasteiger partial charge < -0.3 is 73.9 Å². The van der Waals surface area contributed by atoms with Crippen molar-refractivity contribution in [2.75, 3.05) is 164 Å². The van der Waals surface area contributed by atoms with E-state index in [1.165, 1.54) is 326 Å². The Labute approximate surface area is 889 Å². The molecule has 0 unspecified atom stereocenters. The van der Waals surface area contributed by atoms with E-state index in [2.05, 4.69) is 73.9 Å². The van der Waals surface area contributed by atoms with Gasteiger partial charge in [0.15, 0.2) is 23.3 Å². The molecule has 0 bridgehead atoms. The van der Waals surface area contributed by atoms with Gasteiger partial charge in [-0.25, -0.2) is 55.7 Å². The van der Waals surface area contributed by atoms with E-state index >= 15 is 0 Å². The van der Waals surface area contributed by atoms with Crippen LogP contribution in [0.3, 0.4) is 0 Å². The molecule has 15 aliphatic rings. The van der Waals surface area contributed by atoms with Gasteiger partial charge in [0.1, 0.15) is 57.6 Å². The Kier molecular flexibility index (Phi) is 38.3. The van der Waals surface area contributed by atoms with Crippen molar-refractivity contribution in [3.8, 4) is 0 Å². The van der Waals surface area contributed by atoms with Crippen LogP contribution in [-0.4, -0.2) is 236 Å². The van der Waals surface area contributed by atoms with E-state index in [1.54, 1.807) is 48.5 Å². The van der Waals surface area contributed by atoms with Crippen LogP contribution in [0, 0.1) is 70.3 Å². The van der Waals surface area contributed by atoms with Crippen LogP contribution in [0.5, 0.6) is 0 Å². The molecule has 5 N–H and O–H groups in total. The summed E-state index contributed by atoms with van der Waals surface area (Å²) in [6.45, 7) is 27.1. The van der Waals surface area contributed by atoms with Crippen LogP contribution in [0.25, 0.3) is 55.2 Å². The van der Waals surface area contributed by atoms with Crippen LogP contribution >= 0.6 is 0 Å². The smallest absolute Gasteiger partial charge is 0.184 e. The van der Waals surface area contributed by atoms with Crippen LogP contribution in [0.1, 0.15) is 397 Å². The van der Waals surface area contributed by atoms with Crippen molar-refractivity contribution in [1.82, 2.24) is 98.8 Å². The predicted molar refractivity (Wildman–Crippen MR) is 593 cm³/mol. The molecule has 0 amide bonds. The van der Waals surface area contributed by atoms with Crippen LogP contribution in [0.15, 0.2) is 78.9 Å². The maximum absolute atomic E-state index is 14.9. The van der Waals surface area contributed by atoms with Gasteiger partial charge in [0, 0.05) is 204 Å². The number of nitrogens with zero attached hydrogens (tertiary/aromatic N) is 15. The molecule has 820 valence electrons. The first-order valence-corrected chi connectivity index (χ1v) is 61.1. The molecule has 27 heteroatoms. The summed E-state index contributed by atoms with van der Waals surface area (Å²) >= 11 is 0. The van der Waals surface area contributed by atoms with Crippen molar-refractivity contribution >= 4 is 55.2 Å². The maximum Gasteiger partial charge on any atom is 0.184 e. The first kappa shape index (κ1) is 108. The van der Waals surface area contributed by atoms with Gasteiger partial charge in [0.25, 0.3) is 0 Å². The van der Waals surface area contributed by atoms with E-state index in [4.69, 9.17) is 24.9 Å². The molecule has 15 heterocycles. The van der Waals surface area contributed by atoms with Crippen molar-refractivity contribution in [1.29, 1.82) is 0 Å². The Morgan fingerprint density at radius 2 is 0.420 bits per heavy atom. The highest BCUT2D eigenvalue weighted by Crippen LogP contribution is 2.45. The minimum Gasteiger partial charge on any atom is -0.324 e. The normalized spacial score (nSPS) is 24.7. The van der Waals surface area contributed by atoms with Crippen molar-refractivity contribution in [3.63, 3.8) is 0 Å². The Balaban J connectivity index is 0.000000109. The number of benzene rings is 5. The number of likely N-dealkylation sites (tertiary alicyclic amines) is 5. The second-order valence-electron chi connectivity index (χ2n) is 49.1. The van der Waals surface area contributed by atoms with Crippen LogP contribution < -0.4 is 26.6 Å². The summed E-state index contributed by atoms with van der Waals surface area (Å²) in [6, 6.07) is 22.7. The molecule has 25 rings (SSSR count). The molecule has 3 atom stereocenters. The van der Waals surface area contributed by atoms with E-state index in [1.807, 2.05) is 18.2 Å². The highest BCUT2D eigenvalue weighted by atomic mass is 19.2. The number of piperidine rings is 5. The molecule has 5 aromatic carbocycles. The molecule has 10 aromatic rings. The number of fused-ring (bicyclic) bond motifs is 5. The SMILES string of the molecule is Fc1ccc2nc(C3CNC3)n(C3CCN(CC4CCCCCCC4)CC3)c2c1.Fc1ccc2nc(C3CNC3)n(C3CCN(CC4CCCCCCC4)CC3)c2c1F.Fc1ccc2nc([C@@H]3CCNC3)n(C3CCN(CC4CCCCCCC4)CC3)c2c1.Fc1ccc2nc([C@@H]3CCNC3)n(C3CCN(CC4CCCCCCC4)CC3)c2c1F.Fc1ccc2nc([C@H]3CCNC3)n(C3CCN(CC4CCCCCCC4)CC3)c2c1. The zero-order chi connectivity index (χ0) is 102. The molecule has 150 heavy (non-hydrogen) atoms. The second kappa shape index (κ2) is 53.1. The Morgan fingerprint density at radius 3 is 0.653 bits per heavy atom. The zero-order valence-electron chi connectivity index (χ0n) is 90.6. The summed E-state index contributed by atoms with van der Waals surface area (Å²) in [5.41, 5.74) is 7.77. The summed E-state index contributed by atoms with van der Waals surface area (Å²) in [5, 5.41) is 17.0. The van der Waals surface area contributed by atoms with Crippen molar-refractivity contribution in [2.24, 2.45) is 29.6 Å². The maximum atomic E-state index is 14.9. The number of rotatable bonds is 20. The van der Waals surface area contributed by atoms with Gasteiger partial charge in [-0.1, -0.05) is 161 Å². The topological polar surface area (TPSA) is 165 Å². The summed E-state index contributed by atoms with van der Waals surface area (Å²) in [5.74, 6) is 8.23. The average molecular weight is 2070 g/mol. The number of imidazole rings is 5. The first-order valence-electron chi connectivity index (χ1n) is 61.1. The molecule has 0 radical (unpaired) electrons. The van der Waals surface area contributed by atoms with E-state index in [0.29, 0.717) is 63.9 Å². The molecule has 20 nitrogen and oxygen atoms in total. The van der Waals surface area contributed by atoms with Gasteiger partial charge in [-0.3, -0.25) is 0 Å². The van der Waals surface area contributed by atoms with Crippen LogP contribution in [0.4, 0.5) is 30.7 Å². The first-order chi connectivity index (χ1) is 73.7. The number of halogens is 7. The zero-order valence-corrected chi connectivity index (χ0v) is 90.6. The fourth-order valence-electron chi connectivity index (χ4n) is 29.7. The summed E-state index contributed by atoms with van der Waals surface area (Å²) in [7, 11) is 0. The third-order valence-electron chi connectivity index (χ3n) is 38.5. The van der Waals surface area contributed by atoms with E-state index in [9.17, 15) is 30.7 Å². The highest BCUT2D eigenvalue weighted by Gasteiger charge is 2.40. The summed E-state index contributed by atoms with van der Waals surface area (Å²) < 4.78 is 111. The summed E-state index contributed by atoms with van der Waals surface area (Å²) in [6.07, 6.45) is 63.5. The molecular formula is C123H179F7N20. The van der Waals surface area contributed by atoms with Gasteiger partial charge in [0.05, 0.1) is 44.1 Å². The number of nitrogens with one attached hydrogen (secondary N) is 5. The molecule has 5 saturated carbocycles. The fourth-order valence-corrected chi connectivity index (χ4v) is 29.7. The van der Waals surface area contributed by atoms with Crippen molar-refractivity contribution < 1.29 is 30.7 Å². The molecule has 5 aromatic heterocycles. The van der Waals surface area contributed by atoms with Crippen molar-refractivity contribution in [2.45, 2.75) is 368 Å². The number of hydrogen-bond acceptors (Lipinski definition) is 15. The lowest BCUT2D eigenvalue weighted by Gasteiger charge is -2.37. The highest BCUT2D eigenvalue weighted by molar-refractivity contribution is 5.80.